The number of hydrogen-bond acceptors (Lipinski definition) is 2. The first-order chi connectivity index (χ1) is 7.50. The molecule has 0 aliphatic rings. The predicted molar refractivity (Wildman–Crippen MR) is 71.0 cm³/mol. The van der Waals surface area contributed by atoms with Gasteiger partial charge in [0.1, 0.15) is 0 Å². The third kappa shape index (κ3) is 1.94. The van der Waals surface area contributed by atoms with Gasteiger partial charge in [-0.25, -0.2) is 9.67 Å². The second-order valence-corrected chi connectivity index (χ2v) is 5.40. The minimum Gasteiger partial charge on any atom is -0.236 e. The van der Waals surface area contributed by atoms with Crippen LogP contribution in [0.4, 0.5) is 0 Å². The highest BCUT2D eigenvalue weighted by molar-refractivity contribution is 9.10. The number of aryl methyl sites for hydroxylation is 2. The van der Waals surface area contributed by atoms with Crippen LogP contribution in [0.5, 0.6) is 0 Å². The standard InChI is InChI=1S/C11H11Br2N3/c1-6-4-9(12)5-14-11(6)16-8(3)10(13)7(2)15-16/h4-5H,1-3H3. The fourth-order valence-electron chi connectivity index (χ4n) is 1.58. The topological polar surface area (TPSA) is 30.7 Å². The Morgan fingerprint density at radius 1 is 1.19 bits per heavy atom. The van der Waals surface area contributed by atoms with Crippen molar-refractivity contribution in [1.29, 1.82) is 0 Å². The minimum atomic E-state index is 0.870. The van der Waals surface area contributed by atoms with Crippen LogP contribution in [0.15, 0.2) is 21.2 Å². The quantitative estimate of drug-likeness (QED) is 0.789. The highest BCUT2D eigenvalue weighted by Gasteiger charge is 2.12. The Bertz CT molecular complexity index is 546. The maximum Gasteiger partial charge on any atom is 0.156 e. The number of rotatable bonds is 1. The highest BCUT2D eigenvalue weighted by Crippen LogP contribution is 2.24. The van der Waals surface area contributed by atoms with Crippen molar-refractivity contribution in [2.45, 2.75) is 20.8 Å². The normalized spacial score (nSPS) is 10.8. The molecule has 0 spiro atoms. The van der Waals surface area contributed by atoms with E-state index in [2.05, 4.69) is 41.9 Å². The Labute approximate surface area is 111 Å². The lowest BCUT2D eigenvalue weighted by Gasteiger charge is -2.06. The number of hydrogen-bond donors (Lipinski definition) is 0. The second-order valence-electron chi connectivity index (χ2n) is 3.69. The molecule has 0 aliphatic heterocycles. The molecule has 0 aromatic carbocycles. The molecule has 0 N–H and O–H groups in total. The summed E-state index contributed by atoms with van der Waals surface area (Å²) in [6, 6.07) is 2.03. The summed E-state index contributed by atoms with van der Waals surface area (Å²) in [6.07, 6.45) is 1.78. The fraction of sp³-hybridized carbons (Fsp3) is 0.273. The van der Waals surface area contributed by atoms with Crippen molar-refractivity contribution < 1.29 is 0 Å². The molecular weight excluding hydrogens is 334 g/mol. The van der Waals surface area contributed by atoms with E-state index in [-0.39, 0.29) is 0 Å². The molecule has 2 heterocycles. The predicted octanol–water partition coefficient (Wildman–Crippen LogP) is 3.72. The third-order valence-corrected chi connectivity index (χ3v) is 4.00. The summed E-state index contributed by atoms with van der Waals surface area (Å²) < 4.78 is 3.88. The molecule has 5 heteroatoms. The van der Waals surface area contributed by atoms with Gasteiger partial charge >= 0.3 is 0 Å². The van der Waals surface area contributed by atoms with E-state index in [1.54, 1.807) is 6.20 Å². The number of halogens is 2. The van der Waals surface area contributed by atoms with Crippen LogP contribution in [-0.2, 0) is 0 Å². The lowest BCUT2D eigenvalue weighted by Crippen LogP contribution is -2.04. The molecule has 84 valence electrons. The van der Waals surface area contributed by atoms with Gasteiger partial charge in [0.05, 0.1) is 15.9 Å². The van der Waals surface area contributed by atoms with Crippen molar-refractivity contribution in [3.8, 4) is 5.82 Å². The van der Waals surface area contributed by atoms with Crippen molar-refractivity contribution in [3.63, 3.8) is 0 Å². The zero-order valence-electron chi connectivity index (χ0n) is 9.25. The maximum atomic E-state index is 4.46. The first kappa shape index (κ1) is 11.8. The number of aromatic nitrogens is 3. The SMILES string of the molecule is Cc1cc(Br)cnc1-n1nc(C)c(Br)c1C. The van der Waals surface area contributed by atoms with Crippen LogP contribution >= 0.6 is 31.9 Å². The summed E-state index contributed by atoms with van der Waals surface area (Å²) in [4.78, 5) is 4.40. The Morgan fingerprint density at radius 2 is 1.88 bits per heavy atom. The molecule has 2 aromatic heterocycles. The van der Waals surface area contributed by atoms with Gasteiger partial charge in [0.2, 0.25) is 0 Å². The molecule has 0 saturated heterocycles. The molecular formula is C11H11Br2N3. The molecule has 0 unspecified atom stereocenters. The van der Waals surface area contributed by atoms with E-state index in [0.29, 0.717) is 0 Å². The molecule has 0 atom stereocenters. The second kappa shape index (κ2) is 4.30. The smallest absolute Gasteiger partial charge is 0.156 e. The molecule has 2 rings (SSSR count). The van der Waals surface area contributed by atoms with Gasteiger partial charge in [-0.05, 0) is 64.3 Å². The summed E-state index contributed by atoms with van der Waals surface area (Å²) in [5.41, 5.74) is 3.13. The molecule has 3 nitrogen and oxygen atoms in total. The Balaban J connectivity index is 2.63. The van der Waals surface area contributed by atoms with Crippen LogP contribution in [0.25, 0.3) is 5.82 Å². The van der Waals surface area contributed by atoms with Crippen LogP contribution in [0, 0.1) is 20.8 Å². The monoisotopic (exact) mass is 343 g/mol. The largest absolute Gasteiger partial charge is 0.236 e. The van der Waals surface area contributed by atoms with E-state index < -0.39 is 0 Å². The number of pyridine rings is 1. The van der Waals surface area contributed by atoms with E-state index in [1.807, 2.05) is 31.5 Å². The minimum absolute atomic E-state index is 0.870. The van der Waals surface area contributed by atoms with Crippen LogP contribution in [-0.4, -0.2) is 14.8 Å². The van der Waals surface area contributed by atoms with Crippen LogP contribution in [0.3, 0.4) is 0 Å². The lowest BCUT2D eigenvalue weighted by atomic mass is 10.3. The van der Waals surface area contributed by atoms with Gasteiger partial charge in [0.15, 0.2) is 5.82 Å². The molecule has 16 heavy (non-hydrogen) atoms. The van der Waals surface area contributed by atoms with E-state index >= 15 is 0 Å². The molecule has 0 amide bonds. The van der Waals surface area contributed by atoms with Crippen LogP contribution < -0.4 is 0 Å². The van der Waals surface area contributed by atoms with Crippen molar-refractivity contribution in [2.24, 2.45) is 0 Å². The average Bonchev–Trinajstić information content (AvgIpc) is 2.46. The van der Waals surface area contributed by atoms with E-state index in [9.17, 15) is 0 Å². The van der Waals surface area contributed by atoms with Gasteiger partial charge in [-0.2, -0.15) is 5.10 Å². The Hall–Kier alpha value is -0.680. The molecule has 0 bridgehead atoms. The Morgan fingerprint density at radius 3 is 2.38 bits per heavy atom. The number of nitrogens with zero attached hydrogens (tertiary/aromatic N) is 3. The van der Waals surface area contributed by atoms with Crippen molar-refractivity contribution in [2.75, 3.05) is 0 Å². The third-order valence-electron chi connectivity index (χ3n) is 2.42. The summed E-state index contributed by atoms with van der Waals surface area (Å²) in [5, 5.41) is 4.46. The first-order valence-corrected chi connectivity index (χ1v) is 6.43. The molecule has 0 aliphatic carbocycles. The van der Waals surface area contributed by atoms with Crippen molar-refractivity contribution >= 4 is 31.9 Å². The summed E-state index contributed by atoms with van der Waals surface area (Å²) in [5.74, 6) is 0.870. The molecule has 0 saturated carbocycles. The van der Waals surface area contributed by atoms with E-state index in [1.165, 1.54) is 0 Å². The molecule has 0 fully saturated rings. The van der Waals surface area contributed by atoms with Gasteiger partial charge in [0.25, 0.3) is 0 Å². The summed E-state index contributed by atoms with van der Waals surface area (Å²) in [6.45, 7) is 6.02. The van der Waals surface area contributed by atoms with Crippen LogP contribution in [0.1, 0.15) is 17.0 Å². The maximum absolute atomic E-state index is 4.46. The highest BCUT2D eigenvalue weighted by atomic mass is 79.9. The van der Waals surface area contributed by atoms with Crippen molar-refractivity contribution in [1.82, 2.24) is 14.8 Å². The van der Waals surface area contributed by atoms with E-state index in [4.69, 9.17) is 0 Å². The van der Waals surface area contributed by atoms with Gasteiger partial charge in [-0.1, -0.05) is 0 Å². The summed E-state index contributed by atoms with van der Waals surface area (Å²) >= 11 is 6.92. The van der Waals surface area contributed by atoms with Gasteiger partial charge < -0.3 is 0 Å². The van der Waals surface area contributed by atoms with E-state index in [0.717, 1.165) is 31.7 Å². The fourth-order valence-corrected chi connectivity index (χ4v) is 2.28. The lowest BCUT2D eigenvalue weighted by molar-refractivity contribution is 0.798. The average molecular weight is 345 g/mol. The van der Waals surface area contributed by atoms with Crippen LogP contribution in [0.2, 0.25) is 0 Å². The zero-order chi connectivity index (χ0) is 11.9. The van der Waals surface area contributed by atoms with Gasteiger partial charge in [-0.3, -0.25) is 0 Å². The molecule has 0 radical (unpaired) electrons. The van der Waals surface area contributed by atoms with Gasteiger partial charge in [-0.15, -0.1) is 0 Å². The zero-order valence-corrected chi connectivity index (χ0v) is 12.4. The molecule has 2 aromatic rings. The first-order valence-electron chi connectivity index (χ1n) is 4.85. The summed E-state index contributed by atoms with van der Waals surface area (Å²) in [7, 11) is 0. The Kier molecular flexibility index (Phi) is 3.17. The van der Waals surface area contributed by atoms with Crippen molar-refractivity contribution in [3.05, 3.63) is 38.2 Å². The van der Waals surface area contributed by atoms with Gasteiger partial charge in [0, 0.05) is 10.7 Å².